The molecule has 0 spiro atoms. The Morgan fingerprint density at radius 2 is 2.38 bits per heavy atom. The van der Waals surface area contributed by atoms with Crippen LogP contribution >= 0.6 is 0 Å². The van der Waals surface area contributed by atoms with Crippen molar-refractivity contribution >= 4 is 5.97 Å². The van der Waals surface area contributed by atoms with E-state index in [0.717, 1.165) is 0 Å². The second-order valence-corrected chi connectivity index (χ2v) is 2.81. The summed E-state index contributed by atoms with van der Waals surface area (Å²) >= 11 is 0. The van der Waals surface area contributed by atoms with Gasteiger partial charge in [0.15, 0.2) is 6.29 Å². The van der Waals surface area contributed by atoms with Crippen LogP contribution in [0.3, 0.4) is 0 Å². The molecule has 1 aliphatic rings. The molecule has 0 saturated carbocycles. The van der Waals surface area contributed by atoms with Crippen LogP contribution in [0.15, 0.2) is 12.2 Å². The van der Waals surface area contributed by atoms with Crippen molar-refractivity contribution in [2.45, 2.75) is 18.8 Å². The molecule has 0 aromatic carbocycles. The average Bonchev–Trinajstić information content (AvgIpc) is 2.49. The van der Waals surface area contributed by atoms with E-state index in [-0.39, 0.29) is 18.6 Å². The van der Waals surface area contributed by atoms with Gasteiger partial charge in [0.25, 0.3) is 0 Å². The van der Waals surface area contributed by atoms with Gasteiger partial charge in [0.2, 0.25) is 0 Å². The maximum Gasteiger partial charge on any atom is 0.336 e. The first-order valence-corrected chi connectivity index (χ1v) is 3.92. The van der Waals surface area contributed by atoms with Crippen LogP contribution in [0.5, 0.6) is 0 Å². The zero-order valence-corrected chi connectivity index (χ0v) is 7.10. The molecule has 0 aromatic rings. The maximum absolute atomic E-state index is 11.0. The van der Waals surface area contributed by atoms with E-state index in [9.17, 15) is 4.79 Å². The van der Waals surface area contributed by atoms with Crippen LogP contribution in [0, 0.1) is 0 Å². The monoisotopic (exact) mass is 188 g/mol. The van der Waals surface area contributed by atoms with Gasteiger partial charge in [0.05, 0.1) is 18.8 Å². The number of aliphatic hydroxyl groups excluding tert-OH is 2. The van der Waals surface area contributed by atoms with Gasteiger partial charge in [-0.3, -0.25) is 0 Å². The van der Waals surface area contributed by atoms with Crippen LogP contribution in [0.4, 0.5) is 0 Å². The van der Waals surface area contributed by atoms with Gasteiger partial charge < -0.3 is 19.7 Å². The molecule has 2 unspecified atom stereocenters. The van der Waals surface area contributed by atoms with Crippen molar-refractivity contribution in [2.75, 3.05) is 13.2 Å². The molecular weight excluding hydrogens is 176 g/mol. The van der Waals surface area contributed by atoms with E-state index in [4.69, 9.17) is 19.7 Å². The minimum absolute atomic E-state index is 0.00129. The molecule has 1 rings (SSSR count). The van der Waals surface area contributed by atoms with Crippen LogP contribution in [-0.2, 0) is 14.3 Å². The fourth-order valence-corrected chi connectivity index (χ4v) is 0.961. The number of carbonyl (C=O) groups is 1. The van der Waals surface area contributed by atoms with Gasteiger partial charge in [-0.25, -0.2) is 4.79 Å². The lowest BCUT2D eigenvalue weighted by atomic mass is 10.3. The molecule has 2 N–H and O–H groups in total. The largest absolute Gasteiger partial charge is 0.456 e. The van der Waals surface area contributed by atoms with E-state index in [1.807, 2.05) is 0 Å². The Kier molecular flexibility index (Phi) is 3.41. The van der Waals surface area contributed by atoms with E-state index in [0.29, 0.717) is 0 Å². The first kappa shape index (κ1) is 10.2. The Bertz CT molecular complexity index is 213. The van der Waals surface area contributed by atoms with Crippen LogP contribution in [0.25, 0.3) is 0 Å². The van der Waals surface area contributed by atoms with E-state index in [1.54, 1.807) is 0 Å². The minimum Gasteiger partial charge on any atom is -0.456 e. The molecule has 0 aromatic heterocycles. The van der Waals surface area contributed by atoms with Crippen molar-refractivity contribution in [2.24, 2.45) is 0 Å². The third-order valence-corrected chi connectivity index (χ3v) is 1.69. The summed E-state index contributed by atoms with van der Waals surface area (Å²) in [6.07, 6.45) is -1.03. The van der Waals surface area contributed by atoms with Gasteiger partial charge in [0, 0.05) is 6.42 Å². The van der Waals surface area contributed by atoms with E-state index < -0.39 is 25.0 Å². The van der Waals surface area contributed by atoms with E-state index in [2.05, 4.69) is 6.58 Å². The molecule has 1 saturated heterocycles. The van der Waals surface area contributed by atoms with Crippen LogP contribution in [-0.4, -0.2) is 41.8 Å². The van der Waals surface area contributed by atoms with E-state index in [1.165, 1.54) is 0 Å². The fraction of sp³-hybridized carbons (Fsp3) is 0.625. The summed E-state index contributed by atoms with van der Waals surface area (Å²) in [6, 6.07) is 0. The molecule has 2 atom stereocenters. The summed E-state index contributed by atoms with van der Waals surface area (Å²) in [6.45, 7) is 3.07. The Morgan fingerprint density at radius 1 is 1.69 bits per heavy atom. The topological polar surface area (TPSA) is 76.0 Å². The molecule has 0 aliphatic carbocycles. The number of ether oxygens (including phenoxy) is 2. The number of rotatable bonds is 3. The van der Waals surface area contributed by atoms with Crippen molar-refractivity contribution in [1.29, 1.82) is 0 Å². The van der Waals surface area contributed by atoms with Crippen molar-refractivity contribution < 1.29 is 24.5 Å². The normalized spacial score (nSPS) is 27.2. The number of esters is 1. The van der Waals surface area contributed by atoms with E-state index >= 15 is 0 Å². The Hall–Kier alpha value is -0.910. The first-order valence-electron chi connectivity index (χ1n) is 3.92. The number of carbonyl (C=O) groups excluding carboxylic acids is 1. The van der Waals surface area contributed by atoms with Crippen molar-refractivity contribution in [3.8, 4) is 0 Å². The molecule has 0 radical (unpaired) electrons. The molecule has 74 valence electrons. The molecular formula is C8H12O5. The quantitative estimate of drug-likeness (QED) is 0.447. The number of hydrogen-bond donors (Lipinski definition) is 2. The third-order valence-electron chi connectivity index (χ3n) is 1.69. The van der Waals surface area contributed by atoms with Crippen molar-refractivity contribution in [3.63, 3.8) is 0 Å². The van der Waals surface area contributed by atoms with Crippen LogP contribution in [0.1, 0.15) is 6.42 Å². The summed E-state index contributed by atoms with van der Waals surface area (Å²) < 4.78 is 9.62. The molecule has 1 heterocycles. The second-order valence-electron chi connectivity index (χ2n) is 2.81. The average molecular weight is 188 g/mol. The number of aliphatic hydroxyl groups is 2. The fourth-order valence-electron chi connectivity index (χ4n) is 0.961. The predicted octanol–water partition coefficient (Wildman–Crippen LogP) is -0.815. The minimum atomic E-state index is -0.861. The maximum atomic E-state index is 11.0. The zero-order valence-electron chi connectivity index (χ0n) is 7.10. The predicted molar refractivity (Wildman–Crippen MR) is 42.7 cm³/mol. The first-order chi connectivity index (χ1) is 6.13. The summed E-state index contributed by atoms with van der Waals surface area (Å²) in [5.41, 5.74) is 0.00129. The Balaban J connectivity index is 2.32. The van der Waals surface area contributed by atoms with Crippen LogP contribution in [0.2, 0.25) is 0 Å². The van der Waals surface area contributed by atoms with Gasteiger partial charge in [-0.15, -0.1) is 0 Å². The Labute approximate surface area is 75.6 Å². The van der Waals surface area contributed by atoms with Crippen molar-refractivity contribution in [1.82, 2.24) is 0 Å². The molecule has 1 fully saturated rings. The summed E-state index contributed by atoms with van der Waals surface area (Å²) in [7, 11) is 0. The summed E-state index contributed by atoms with van der Waals surface area (Å²) in [5.74, 6) is -0.648. The lowest BCUT2D eigenvalue weighted by molar-refractivity contribution is -0.144. The zero-order chi connectivity index (χ0) is 9.84. The summed E-state index contributed by atoms with van der Waals surface area (Å²) in [4.78, 5) is 11.0. The molecule has 5 nitrogen and oxygen atoms in total. The van der Waals surface area contributed by atoms with Crippen molar-refractivity contribution in [3.05, 3.63) is 12.2 Å². The van der Waals surface area contributed by atoms with Gasteiger partial charge in [-0.05, 0) is 0 Å². The SMILES string of the molecule is C=C(CO)C(=O)OC1COC(O)C1. The molecule has 5 heteroatoms. The standard InChI is InChI=1S/C8H12O5/c1-5(3-9)8(11)13-6-2-7(10)12-4-6/h6-7,9-10H,1-4H2. The van der Waals surface area contributed by atoms with Gasteiger partial charge in [-0.1, -0.05) is 6.58 Å². The van der Waals surface area contributed by atoms with Gasteiger partial charge >= 0.3 is 5.97 Å². The Morgan fingerprint density at radius 3 is 2.85 bits per heavy atom. The lowest BCUT2D eigenvalue weighted by Gasteiger charge is -2.09. The molecule has 0 amide bonds. The molecule has 1 aliphatic heterocycles. The van der Waals surface area contributed by atoms with Gasteiger partial charge in [-0.2, -0.15) is 0 Å². The van der Waals surface area contributed by atoms with Gasteiger partial charge in [0.1, 0.15) is 6.10 Å². The third kappa shape index (κ3) is 2.80. The highest BCUT2D eigenvalue weighted by molar-refractivity contribution is 5.88. The highest BCUT2D eigenvalue weighted by atomic mass is 16.6. The summed E-state index contributed by atoms with van der Waals surface area (Å²) in [5, 5.41) is 17.5. The van der Waals surface area contributed by atoms with Crippen LogP contribution < -0.4 is 0 Å². The highest BCUT2D eigenvalue weighted by Crippen LogP contribution is 2.14. The second kappa shape index (κ2) is 4.36. The molecule has 13 heavy (non-hydrogen) atoms. The smallest absolute Gasteiger partial charge is 0.336 e. The lowest BCUT2D eigenvalue weighted by Crippen LogP contribution is -2.20. The highest BCUT2D eigenvalue weighted by Gasteiger charge is 2.27. The molecule has 0 bridgehead atoms. The number of hydrogen-bond acceptors (Lipinski definition) is 5.